The molecule has 0 radical (unpaired) electrons. The molecule has 7 heteroatoms. The predicted molar refractivity (Wildman–Crippen MR) is 107 cm³/mol. The van der Waals surface area contributed by atoms with Gasteiger partial charge in [-0.2, -0.15) is 0 Å². The monoisotopic (exact) mass is 394 g/mol. The van der Waals surface area contributed by atoms with Gasteiger partial charge in [-0.25, -0.2) is 0 Å². The van der Waals surface area contributed by atoms with Crippen LogP contribution < -0.4 is 10.6 Å². The van der Waals surface area contributed by atoms with Gasteiger partial charge in [0.15, 0.2) is 0 Å². The number of hydrogen-bond donors (Lipinski definition) is 2. The molecule has 2 amide bonds. The van der Waals surface area contributed by atoms with E-state index in [1.807, 2.05) is 36.4 Å². The SMILES string of the molecule is O=C(NCCc1ccc(Cl)cc1)c1ccnc(C(=O)NCc2ccncc2)c1. The molecule has 142 valence electrons. The van der Waals surface area contributed by atoms with Crippen LogP contribution in [0.15, 0.2) is 67.1 Å². The summed E-state index contributed by atoms with van der Waals surface area (Å²) < 4.78 is 0. The molecule has 28 heavy (non-hydrogen) atoms. The highest BCUT2D eigenvalue weighted by molar-refractivity contribution is 6.30. The average Bonchev–Trinajstić information content (AvgIpc) is 2.74. The fourth-order valence-corrected chi connectivity index (χ4v) is 2.67. The first-order valence-electron chi connectivity index (χ1n) is 8.77. The molecule has 0 saturated heterocycles. The fraction of sp³-hybridized carbons (Fsp3) is 0.143. The molecular weight excluding hydrogens is 376 g/mol. The number of rotatable bonds is 7. The molecule has 6 nitrogen and oxygen atoms in total. The van der Waals surface area contributed by atoms with Gasteiger partial charge in [0.1, 0.15) is 5.69 Å². The second kappa shape index (κ2) is 9.62. The second-order valence-electron chi connectivity index (χ2n) is 6.10. The van der Waals surface area contributed by atoms with Gasteiger partial charge in [-0.15, -0.1) is 0 Å². The summed E-state index contributed by atoms with van der Waals surface area (Å²) in [6.07, 6.45) is 5.46. The smallest absolute Gasteiger partial charge is 0.270 e. The molecule has 3 aromatic rings. The Morgan fingerprint density at radius 3 is 2.36 bits per heavy atom. The Kier molecular flexibility index (Phi) is 6.70. The summed E-state index contributed by atoms with van der Waals surface area (Å²) in [5.41, 5.74) is 2.59. The number of aromatic nitrogens is 2. The molecule has 2 heterocycles. The molecule has 0 bridgehead atoms. The van der Waals surface area contributed by atoms with Gasteiger partial charge in [-0.05, 0) is 53.9 Å². The Bertz CT molecular complexity index is 946. The number of nitrogens with one attached hydrogen (secondary N) is 2. The van der Waals surface area contributed by atoms with Gasteiger partial charge in [0, 0.05) is 42.3 Å². The number of amides is 2. The molecule has 0 aliphatic rings. The number of hydrogen-bond acceptors (Lipinski definition) is 4. The zero-order valence-electron chi connectivity index (χ0n) is 15.1. The predicted octanol–water partition coefficient (Wildman–Crippen LogP) is 3.03. The lowest BCUT2D eigenvalue weighted by Crippen LogP contribution is -2.27. The van der Waals surface area contributed by atoms with Crippen molar-refractivity contribution in [3.8, 4) is 0 Å². The van der Waals surface area contributed by atoms with Gasteiger partial charge in [0.2, 0.25) is 0 Å². The standard InChI is InChI=1S/C21H19ClN4O2/c22-18-3-1-15(2-4-18)7-11-25-20(27)17-8-12-24-19(13-17)21(28)26-14-16-5-9-23-10-6-16/h1-6,8-10,12-13H,7,11,14H2,(H,25,27)(H,26,28). The van der Waals surface area contributed by atoms with Gasteiger partial charge in [-0.3, -0.25) is 19.6 Å². The minimum absolute atomic E-state index is 0.194. The Labute approximate surface area is 168 Å². The summed E-state index contributed by atoms with van der Waals surface area (Å²) in [6.45, 7) is 0.840. The third-order valence-corrected chi connectivity index (χ3v) is 4.32. The lowest BCUT2D eigenvalue weighted by Gasteiger charge is -2.08. The number of carbonyl (C=O) groups is 2. The van der Waals surface area contributed by atoms with Gasteiger partial charge < -0.3 is 10.6 Å². The zero-order chi connectivity index (χ0) is 19.8. The third kappa shape index (κ3) is 5.62. The second-order valence-corrected chi connectivity index (χ2v) is 6.54. The summed E-state index contributed by atoms with van der Waals surface area (Å²) in [5.74, 6) is -0.591. The number of benzene rings is 1. The first kappa shape index (κ1) is 19.5. The van der Waals surface area contributed by atoms with Crippen molar-refractivity contribution in [3.63, 3.8) is 0 Å². The van der Waals surface area contributed by atoms with Crippen LogP contribution in [0.25, 0.3) is 0 Å². The van der Waals surface area contributed by atoms with E-state index in [0.717, 1.165) is 11.1 Å². The average molecular weight is 395 g/mol. The first-order chi connectivity index (χ1) is 13.6. The minimum Gasteiger partial charge on any atom is -0.352 e. The molecular formula is C21H19ClN4O2. The van der Waals surface area contributed by atoms with E-state index in [1.54, 1.807) is 18.5 Å². The quantitative estimate of drug-likeness (QED) is 0.645. The van der Waals surface area contributed by atoms with Gasteiger partial charge >= 0.3 is 0 Å². The molecule has 2 N–H and O–H groups in total. The number of halogens is 1. The first-order valence-corrected chi connectivity index (χ1v) is 9.15. The van der Waals surface area contributed by atoms with Crippen LogP contribution >= 0.6 is 11.6 Å². The van der Waals surface area contributed by atoms with Crippen LogP contribution in [0.1, 0.15) is 32.0 Å². The normalized spacial score (nSPS) is 10.3. The van der Waals surface area contributed by atoms with E-state index in [9.17, 15) is 9.59 Å². The highest BCUT2D eigenvalue weighted by Gasteiger charge is 2.11. The summed E-state index contributed by atoms with van der Waals surface area (Å²) in [7, 11) is 0. The maximum atomic E-state index is 12.3. The zero-order valence-corrected chi connectivity index (χ0v) is 15.8. The number of carbonyl (C=O) groups excluding carboxylic acids is 2. The lowest BCUT2D eigenvalue weighted by atomic mass is 10.1. The van der Waals surface area contributed by atoms with Gasteiger partial charge in [-0.1, -0.05) is 23.7 Å². The summed E-state index contributed by atoms with van der Waals surface area (Å²) in [6, 6.07) is 14.2. The summed E-state index contributed by atoms with van der Waals surface area (Å²) in [4.78, 5) is 32.6. The summed E-state index contributed by atoms with van der Waals surface area (Å²) in [5, 5.41) is 6.31. The number of nitrogens with zero attached hydrogens (tertiary/aromatic N) is 2. The highest BCUT2D eigenvalue weighted by atomic mass is 35.5. The largest absolute Gasteiger partial charge is 0.352 e. The number of pyridine rings is 2. The van der Waals surface area contributed by atoms with E-state index in [0.29, 0.717) is 30.1 Å². The van der Waals surface area contributed by atoms with E-state index in [4.69, 9.17) is 11.6 Å². The van der Waals surface area contributed by atoms with Crippen molar-refractivity contribution < 1.29 is 9.59 Å². The topological polar surface area (TPSA) is 84.0 Å². The molecule has 0 aliphatic carbocycles. The van der Waals surface area contributed by atoms with E-state index < -0.39 is 0 Å². The molecule has 0 atom stereocenters. The van der Waals surface area contributed by atoms with Crippen LogP contribution in [0.2, 0.25) is 5.02 Å². The lowest BCUT2D eigenvalue weighted by molar-refractivity contribution is 0.0946. The van der Waals surface area contributed by atoms with Crippen LogP contribution in [0.4, 0.5) is 0 Å². The van der Waals surface area contributed by atoms with Gasteiger partial charge in [0.05, 0.1) is 0 Å². The van der Waals surface area contributed by atoms with Crippen LogP contribution in [-0.4, -0.2) is 28.3 Å². The molecule has 0 unspecified atom stereocenters. The van der Waals surface area contributed by atoms with Gasteiger partial charge in [0.25, 0.3) is 11.8 Å². The minimum atomic E-state index is -0.340. The third-order valence-electron chi connectivity index (χ3n) is 4.07. The van der Waals surface area contributed by atoms with Crippen LogP contribution in [-0.2, 0) is 13.0 Å². The van der Waals surface area contributed by atoms with E-state index in [2.05, 4.69) is 20.6 Å². The summed E-state index contributed by atoms with van der Waals surface area (Å²) >= 11 is 5.86. The van der Waals surface area contributed by atoms with Crippen molar-refractivity contribution >= 4 is 23.4 Å². The Morgan fingerprint density at radius 1 is 0.857 bits per heavy atom. The Morgan fingerprint density at radius 2 is 1.61 bits per heavy atom. The van der Waals surface area contributed by atoms with E-state index >= 15 is 0 Å². The molecule has 0 fully saturated rings. The van der Waals surface area contributed by atoms with Crippen molar-refractivity contribution in [2.45, 2.75) is 13.0 Å². The maximum Gasteiger partial charge on any atom is 0.270 e. The van der Waals surface area contributed by atoms with E-state index in [-0.39, 0.29) is 17.5 Å². The van der Waals surface area contributed by atoms with Crippen molar-refractivity contribution in [3.05, 3.63) is 94.5 Å². The maximum absolute atomic E-state index is 12.3. The molecule has 1 aromatic carbocycles. The van der Waals surface area contributed by atoms with Crippen LogP contribution in [0.3, 0.4) is 0 Å². The molecule has 2 aromatic heterocycles. The Hall–Kier alpha value is -3.25. The van der Waals surface area contributed by atoms with E-state index in [1.165, 1.54) is 12.3 Å². The van der Waals surface area contributed by atoms with Crippen molar-refractivity contribution in [2.75, 3.05) is 6.54 Å². The Balaban J connectivity index is 1.53. The molecule has 0 saturated carbocycles. The molecule has 0 aliphatic heterocycles. The van der Waals surface area contributed by atoms with Crippen LogP contribution in [0.5, 0.6) is 0 Å². The molecule has 0 spiro atoms. The van der Waals surface area contributed by atoms with Crippen LogP contribution in [0, 0.1) is 0 Å². The highest BCUT2D eigenvalue weighted by Crippen LogP contribution is 2.10. The van der Waals surface area contributed by atoms with Crippen molar-refractivity contribution in [2.24, 2.45) is 0 Å². The molecule has 3 rings (SSSR count). The van der Waals surface area contributed by atoms with Crippen molar-refractivity contribution in [1.29, 1.82) is 0 Å². The van der Waals surface area contributed by atoms with Crippen molar-refractivity contribution in [1.82, 2.24) is 20.6 Å². The fourth-order valence-electron chi connectivity index (χ4n) is 2.54.